The van der Waals surface area contributed by atoms with Crippen molar-refractivity contribution in [3.05, 3.63) is 35.4 Å². The maximum absolute atomic E-state index is 13.3. The molecule has 0 saturated heterocycles. The van der Waals surface area contributed by atoms with E-state index in [-0.39, 0.29) is 0 Å². The second-order valence-electron chi connectivity index (χ2n) is 4.07. The van der Waals surface area contributed by atoms with Crippen molar-refractivity contribution < 1.29 is 13.6 Å². The molecule has 1 aromatic carbocycles. The maximum atomic E-state index is 13.3. The molecule has 0 heterocycles. The lowest BCUT2D eigenvalue weighted by Gasteiger charge is -2.23. The van der Waals surface area contributed by atoms with Crippen molar-refractivity contribution in [2.45, 2.75) is 19.4 Å². The molecule has 88 valence electrons. The van der Waals surface area contributed by atoms with Gasteiger partial charge in [-0.3, -0.25) is 4.79 Å². The molecular formula is C11H12BrF2NO. The molecule has 0 atom stereocenters. The number of rotatable bonds is 3. The van der Waals surface area contributed by atoms with Crippen molar-refractivity contribution in [2.24, 2.45) is 0 Å². The topological polar surface area (TPSA) is 29.1 Å². The summed E-state index contributed by atoms with van der Waals surface area (Å²) in [6.45, 7) is 3.50. The number of amides is 1. The van der Waals surface area contributed by atoms with Crippen molar-refractivity contribution in [2.75, 3.05) is 5.33 Å². The Labute approximate surface area is 101 Å². The third kappa shape index (κ3) is 3.01. The van der Waals surface area contributed by atoms with Gasteiger partial charge in [0, 0.05) is 10.9 Å². The fraction of sp³-hybridized carbons (Fsp3) is 0.364. The Hall–Kier alpha value is -0.970. The number of halogens is 3. The zero-order chi connectivity index (χ0) is 12.3. The molecule has 0 bridgehead atoms. The number of nitrogens with one attached hydrogen (secondary N) is 1. The lowest BCUT2D eigenvalue weighted by Crippen LogP contribution is -2.45. The van der Waals surface area contributed by atoms with Gasteiger partial charge in [-0.15, -0.1) is 0 Å². The minimum absolute atomic E-state index is 0.488. The molecule has 1 rings (SSSR count). The fourth-order valence-corrected chi connectivity index (χ4v) is 1.26. The summed E-state index contributed by atoms with van der Waals surface area (Å²) in [6.07, 6.45) is 0. The summed E-state index contributed by atoms with van der Waals surface area (Å²) in [6, 6.07) is 3.33. The summed E-state index contributed by atoms with van der Waals surface area (Å²) in [5.74, 6) is -2.47. The highest BCUT2D eigenvalue weighted by Gasteiger charge is 2.23. The van der Waals surface area contributed by atoms with Gasteiger partial charge in [0.25, 0.3) is 5.91 Å². The number of hydrogen-bond acceptors (Lipinski definition) is 1. The van der Waals surface area contributed by atoms with E-state index < -0.39 is 28.6 Å². The summed E-state index contributed by atoms with van der Waals surface area (Å²) in [5, 5.41) is 3.03. The summed E-state index contributed by atoms with van der Waals surface area (Å²) in [5.41, 5.74) is -1.11. The second kappa shape index (κ2) is 4.91. The Morgan fingerprint density at radius 1 is 1.38 bits per heavy atom. The van der Waals surface area contributed by atoms with Gasteiger partial charge in [0.15, 0.2) is 0 Å². The molecular weight excluding hydrogens is 280 g/mol. The van der Waals surface area contributed by atoms with Crippen LogP contribution in [0.1, 0.15) is 24.2 Å². The van der Waals surface area contributed by atoms with Gasteiger partial charge in [-0.25, -0.2) is 8.78 Å². The van der Waals surface area contributed by atoms with Gasteiger partial charge in [-0.05, 0) is 26.0 Å². The van der Waals surface area contributed by atoms with Crippen molar-refractivity contribution in [3.63, 3.8) is 0 Å². The van der Waals surface area contributed by atoms with E-state index in [1.54, 1.807) is 13.8 Å². The van der Waals surface area contributed by atoms with E-state index in [0.717, 1.165) is 12.1 Å². The third-order valence-corrected chi connectivity index (χ3v) is 3.38. The molecule has 0 aromatic heterocycles. The first-order valence-electron chi connectivity index (χ1n) is 4.70. The molecule has 0 aliphatic rings. The molecule has 2 nitrogen and oxygen atoms in total. The standard InChI is InChI=1S/C11H12BrF2NO/c1-11(2,6-12)15-10(16)9-7(13)4-3-5-8(9)14/h3-5H,6H2,1-2H3,(H,15,16). The largest absolute Gasteiger partial charge is 0.346 e. The number of benzene rings is 1. The molecule has 5 heteroatoms. The highest BCUT2D eigenvalue weighted by molar-refractivity contribution is 9.09. The minimum Gasteiger partial charge on any atom is -0.346 e. The predicted molar refractivity (Wildman–Crippen MR) is 61.7 cm³/mol. The second-order valence-corrected chi connectivity index (χ2v) is 4.63. The van der Waals surface area contributed by atoms with Gasteiger partial charge in [0.2, 0.25) is 0 Å². The SMILES string of the molecule is CC(C)(CBr)NC(=O)c1c(F)cccc1F. The fourth-order valence-electron chi connectivity index (χ4n) is 1.12. The van der Waals surface area contributed by atoms with Crippen LogP contribution in [0.4, 0.5) is 8.78 Å². The number of alkyl halides is 1. The summed E-state index contributed by atoms with van der Waals surface area (Å²) < 4.78 is 26.5. The van der Waals surface area contributed by atoms with E-state index in [9.17, 15) is 13.6 Å². The lowest BCUT2D eigenvalue weighted by molar-refractivity contribution is 0.0912. The summed E-state index contributed by atoms with van der Waals surface area (Å²) in [7, 11) is 0. The zero-order valence-electron chi connectivity index (χ0n) is 8.98. The molecule has 1 amide bonds. The van der Waals surface area contributed by atoms with Crippen LogP contribution < -0.4 is 5.32 Å². The zero-order valence-corrected chi connectivity index (χ0v) is 10.6. The van der Waals surface area contributed by atoms with Crippen LogP contribution in [-0.4, -0.2) is 16.8 Å². The van der Waals surface area contributed by atoms with Crippen molar-refractivity contribution in [1.82, 2.24) is 5.32 Å². The first-order chi connectivity index (χ1) is 7.37. The van der Waals surface area contributed by atoms with E-state index >= 15 is 0 Å². The lowest BCUT2D eigenvalue weighted by atomic mass is 10.1. The van der Waals surface area contributed by atoms with Crippen molar-refractivity contribution >= 4 is 21.8 Å². The van der Waals surface area contributed by atoms with Gasteiger partial charge in [-0.1, -0.05) is 22.0 Å². The Balaban J connectivity index is 2.98. The van der Waals surface area contributed by atoms with Crippen LogP contribution in [0.3, 0.4) is 0 Å². The molecule has 0 radical (unpaired) electrons. The molecule has 0 aliphatic heterocycles. The number of hydrogen-bond donors (Lipinski definition) is 1. The van der Waals surface area contributed by atoms with E-state index in [1.807, 2.05) is 0 Å². The minimum atomic E-state index is -0.858. The number of carbonyl (C=O) groups is 1. The first-order valence-corrected chi connectivity index (χ1v) is 5.82. The average molecular weight is 292 g/mol. The predicted octanol–water partition coefficient (Wildman–Crippen LogP) is 2.87. The average Bonchev–Trinajstić information content (AvgIpc) is 2.16. The smallest absolute Gasteiger partial charge is 0.257 e. The quantitative estimate of drug-likeness (QED) is 0.853. The van der Waals surface area contributed by atoms with Crippen LogP contribution in [0.5, 0.6) is 0 Å². The van der Waals surface area contributed by atoms with Gasteiger partial charge in [-0.2, -0.15) is 0 Å². The van der Waals surface area contributed by atoms with Gasteiger partial charge in [0.05, 0.1) is 0 Å². The van der Waals surface area contributed by atoms with Gasteiger partial charge >= 0.3 is 0 Å². The van der Waals surface area contributed by atoms with Crippen LogP contribution in [0.15, 0.2) is 18.2 Å². The Morgan fingerprint density at radius 2 is 1.88 bits per heavy atom. The number of carbonyl (C=O) groups excluding carboxylic acids is 1. The van der Waals surface area contributed by atoms with E-state index in [2.05, 4.69) is 21.2 Å². The van der Waals surface area contributed by atoms with E-state index in [0.29, 0.717) is 5.33 Å². The van der Waals surface area contributed by atoms with Crippen LogP contribution in [-0.2, 0) is 0 Å². The molecule has 0 spiro atoms. The molecule has 16 heavy (non-hydrogen) atoms. The Kier molecular flexibility index (Phi) is 4.02. The van der Waals surface area contributed by atoms with Crippen LogP contribution in [0.25, 0.3) is 0 Å². The Bertz CT molecular complexity index is 387. The normalized spacial score (nSPS) is 11.3. The van der Waals surface area contributed by atoms with Gasteiger partial charge < -0.3 is 5.32 Å². The molecule has 0 saturated carbocycles. The van der Waals surface area contributed by atoms with Crippen LogP contribution in [0.2, 0.25) is 0 Å². The summed E-state index contributed by atoms with van der Waals surface area (Å²) in [4.78, 5) is 11.6. The third-order valence-electron chi connectivity index (χ3n) is 1.98. The summed E-state index contributed by atoms with van der Waals surface area (Å²) >= 11 is 3.21. The highest BCUT2D eigenvalue weighted by atomic mass is 79.9. The molecule has 1 aromatic rings. The van der Waals surface area contributed by atoms with Crippen LogP contribution >= 0.6 is 15.9 Å². The van der Waals surface area contributed by atoms with Crippen molar-refractivity contribution in [3.8, 4) is 0 Å². The Morgan fingerprint density at radius 3 is 2.31 bits per heavy atom. The molecule has 1 N–H and O–H groups in total. The van der Waals surface area contributed by atoms with Crippen LogP contribution in [0, 0.1) is 11.6 Å². The van der Waals surface area contributed by atoms with Gasteiger partial charge in [0.1, 0.15) is 17.2 Å². The van der Waals surface area contributed by atoms with Crippen molar-refractivity contribution in [1.29, 1.82) is 0 Å². The molecule has 0 unspecified atom stereocenters. The maximum Gasteiger partial charge on any atom is 0.257 e. The van der Waals surface area contributed by atoms with E-state index in [1.165, 1.54) is 6.07 Å². The molecule has 0 aliphatic carbocycles. The highest BCUT2D eigenvalue weighted by Crippen LogP contribution is 2.14. The first kappa shape index (κ1) is 13.1. The monoisotopic (exact) mass is 291 g/mol. The molecule has 0 fully saturated rings. The van der Waals surface area contributed by atoms with E-state index in [4.69, 9.17) is 0 Å².